The summed E-state index contributed by atoms with van der Waals surface area (Å²) in [5.41, 5.74) is 3.30. The van der Waals surface area contributed by atoms with Crippen LogP contribution >= 0.6 is 0 Å². The van der Waals surface area contributed by atoms with Crippen LogP contribution in [-0.4, -0.2) is 0 Å². The van der Waals surface area contributed by atoms with Crippen LogP contribution < -0.4 is 0 Å². The van der Waals surface area contributed by atoms with Gasteiger partial charge in [-0.15, -0.1) is 0 Å². The monoisotopic (exact) mass is 218 g/mol. The Kier molecular flexibility index (Phi) is 3.89. The molecule has 0 atom stereocenters. The molecule has 0 aromatic heterocycles. The van der Waals surface area contributed by atoms with E-state index in [-0.39, 0.29) is 0 Å². The lowest BCUT2D eigenvalue weighted by molar-refractivity contribution is 0.240. The second-order valence-corrected chi connectivity index (χ2v) is 6.11. The summed E-state index contributed by atoms with van der Waals surface area (Å²) in [6.07, 6.45) is 13.2. The summed E-state index contributed by atoms with van der Waals surface area (Å²) in [4.78, 5) is 0. The normalized spacial score (nSPS) is 31.2. The zero-order valence-electron chi connectivity index (χ0n) is 11.1. The van der Waals surface area contributed by atoms with Crippen molar-refractivity contribution in [2.75, 3.05) is 0 Å². The Morgan fingerprint density at radius 1 is 1.00 bits per heavy atom. The van der Waals surface area contributed by atoms with Gasteiger partial charge in [-0.05, 0) is 63.2 Å². The van der Waals surface area contributed by atoms with Crippen molar-refractivity contribution in [3.8, 4) is 0 Å². The van der Waals surface area contributed by atoms with E-state index >= 15 is 0 Å². The minimum atomic E-state index is 0.892. The average Bonchev–Trinajstić information content (AvgIpc) is 2.30. The molecule has 0 aliphatic heterocycles. The van der Waals surface area contributed by atoms with E-state index in [1.54, 1.807) is 11.1 Å². The molecule has 16 heavy (non-hydrogen) atoms. The highest BCUT2D eigenvalue weighted by Crippen LogP contribution is 2.39. The molecule has 0 unspecified atom stereocenters. The summed E-state index contributed by atoms with van der Waals surface area (Å²) in [5, 5.41) is 0. The van der Waals surface area contributed by atoms with Crippen LogP contribution in [0.5, 0.6) is 0 Å². The molecule has 0 N–H and O–H groups in total. The topological polar surface area (TPSA) is 0 Å². The van der Waals surface area contributed by atoms with Crippen molar-refractivity contribution in [3.63, 3.8) is 0 Å². The molecule has 0 bridgehead atoms. The third kappa shape index (κ3) is 2.78. The fourth-order valence-electron chi connectivity index (χ4n) is 3.25. The van der Waals surface area contributed by atoms with Gasteiger partial charge < -0.3 is 0 Å². The van der Waals surface area contributed by atoms with Crippen LogP contribution in [0, 0.1) is 17.8 Å². The predicted molar refractivity (Wildman–Crippen MR) is 71.4 cm³/mol. The van der Waals surface area contributed by atoms with Gasteiger partial charge in [0.1, 0.15) is 0 Å². The molecule has 90 valence electrons. The van der Waals surface area contributed by atoms with Crippen molar-refractivity contribution < 1.29 is 0 Å². The molecule has 0 heterocycles. The lowest BCUT2D eigenvalue weighted by atomic mass is 9.73. The highest BCUT2D eigenvalue weighted by molar-refractivity contribution is 5.24. The highest BCUT2D eigenvalue weighted by Gasteiger charge is 2.25. The fraction of sp³-hybridized carbons (Fsp3) is 0.750. The van der Waals surface area contributed by atoms with Gasteiger partial charge in [0.2, 0.25) is 0 Å². The van der Waals surface area contributed by atoms with E-state index in [9.17, 15) is 0 Å². The van der Waals surface area contributed by atoms with Gasteiger partial charge in [0, 0.05) is 0 Å². The molecule has 2 rings (SSSR count). The van der Waals surface area contributed by atoms with Gasteiger partial charge in [-0.3, -0.25) is 0 Å². The van der Waals surface area contributed by atoms with E-state index in [0.717, 1.165) is 17.8 Å². The van der Waals surface area contributed by atoms with Crippen molar-refractivity contribution >= 4 is 0 Å². The first-order chi connectivity index (χ1) is 7.66. The highest BCUT2D eigenvalue weighted by atomic mass is 14.3. The minimum Gasteiger partial charge on any atom is -0.0730 e. The van der Waals surface area contributed by atoms with Crippen LogP contribution in [0.4, 0.5) is 0 Å². The molecule has 0 aromatic rings. The lowest BCUT2D eigenvalue weighted by Crippen LogP contribution is -2.20. The molecular weight excluding hydrogens is 192 g/mol. The molecule has 2 aliphatic rings. The summed E-state index contributed by atoms with van der Waals surface area (Å²) in [6.45, 7) is 7.02. The molecule has 1 fully saturated rings. The van der Waals surface area contributed by atoms with Gasteiger partial charge in [0.15, 0.2) is 0 Å². The van der Waals surface area contributed by atoms with E-state index in [1.807, 2.05) is 0 Å². The average molecular weight is 218 g/mol. The molecular formula is C16H26. The van der Waals surface area contributed by atoms with E-state index in [4.69, 9.17) is 0 Å². The van der Waals surface area contributed by atoms with Gasteiger partial charge in [-0.2, -0.15) is 0 Å². The van der Waals surface area contributed by atoms with E-state index < -0.39 is 0 Å². The quantitative estimate of drug-likeness (QED) is 0.604. The van der Waals surface area contributed by atoms with Crippen molar-refractivity contribution in [2.45, 2.75) is 59.3 Å². The number of hydrogen-bond donors (Lipinski definition) is 0. The van der Waals surface area contributed by atoms with Crippen LogP contribution in [0.25, 0.3) is 0 Å². The van der Waals surface area contributed by atoms with Crippen molar-refractivity contribution in [1.29, 1.82) is 0 Å². The molecule has 0 spiro atoms. The standard InChI is InChI=1S/C16H26/c1-12(2)14-8-10-16(11-9-14)15-6-4-13(3)5-7-15/h4,6,12,14,16H,5,7-11H2,1-3H3. The lowest BCUT2D eigenvalue weighted by Gasteiger charge is -2.33. The predicted octanol–water partition coefficient (Wildman–Crippen LogP) is 5.12. The fourth-order valence-corrected chi connectivity index (χ4v) is 3.25. The summed E-state index contributed by atoms with van der Waals surface area (Å²) < 4.78 is 0. The van der Waals surface area contributed by atoms with Crippen molar-refractivity contribution in [1.82, 2.24) is 0 Å². The smallest absolute Gasteiger partial charge is 0.0200 e. The van der Waals surface area contributed by atoms with Gasteiger partial charge >= 0.3 is 0 Å². The molecule has 0 nitrogen and oxygen atoms in total. The number of rotatable bonds is 2. The first-order valence-electron chi connectivity index (χ1n) is 7.03. The molecule has 0 radical (unpaired) electrons. The maximum atomic E-state index is 2.42. The summed E-state index contributed by atoms with van der Waals surface area (Å²) >= 11 is 0. The molecule has 2 aliphatic carbocycles. The minimum absolute atomic E-state index is 0.892. The number of hydrogen-bond acceptors (Lipinski definition) is 0. The van der Waals surface area contributed by atoms with Crippen LogP contribution in [0.1, 0.15) is 59.3 Å². The van der Waals surface area contributed by atoms with Crippen molar-refractivity contribution in [3.05, 3.63) is 23.3 Å². The largest absolute Gasteiger partial charge is 0.0730 e. The summed E-state index contributed by atoms with van der Waals surface area (Å²) in [7, 11) is 0. The Balaban J connectivity index is 1.90. The first kappa shape index (κ1) is 12.0. The molecule has 1 saturated carbocycles. The van der Waals surface area contributed by atoms with Crippen LogP contribution in [0.3, 0.4) is 0 Å². The third-order valence-electron chi connectivity index (χ3n) is 4.63. The van der Waals surface area contributed by atoms with Gasteiger partial charge in [-0.1, -0.05) is 37.1 Å². The number of allylic oxidation sites excluding steroid dienone is 4. The van der Waals surface area contributed by atoms with E-state index in [0.29, 0.717) is 0 Å². The molecule has 0 heteroatoms. The van der Waals surface area contributed by atoms with Crippen LogP contribution in [0.15, 0.2) is 23.3 Å². The van der Waals surface area contributed by atoms with Gasteiger partial charge in [0.25, 0.3) is 0 Å². The zero-order valence-corrected chi connectivity index (χ0v) is 11.1. The Bertz CT molecular complexity index is 285. The second-order valence-electron chi connectivity index (χ2n) is 6.11. The maximum absolute atomic E-state index is 2.42. The van der Waals surface area contributed by atoms with Gasteiger partial charge in [0.05, 0.1) is 0 Å². The Morgan fingerprint density at radius 3 is 2.19 bits per heavy atom. The van der Waals surface area contributed by atoms with Crippen molar-refractivity contribution in [2.24, 2.45) is 17.8 Å². The van der Waals surface area contributed by atoms with Crippen LogP contribution in [-0.2, 0) is 0 Å². The molecule has 0 aromatic carbocycles. The Labute approximate surface area is 101 Å². The van der Waals surface area contributed by atoms with E-state index in [1.165, 1.54) is 38.5 Å². The zero-order chi connectivity index (χ0) is 11.5. The first-order valence-corrected chi connectivity index (χ1v) is 7.03. The van der Waals surface area contributed by atoms with Crippen LogP contribution in [0.2, 0.25) is 0 Å². The SMILES string of the molecule is CC1=CC=C(C2CCC(C(C)C)CC2)CC1. The Hall–Kier alpha value is -0.520. The maximum Gasteiger partial charge on any atom is -0.0200 e. The molecule has 0 saturated heterocycles. The summed E-state index contributed by atoms with van der Waals surface area (Å²) in [5.74, 6) is 2.81. The van der Waals surface area contributed by atoms with E-state index in [2.05, 4.69) is 32.9 Å². The van der Waals surface area contributed by atoms with Gasteiger partial charge in [-0.25, -0.2) is 0 Å². The third-order valence-corrected chi connectivity index (χ3v) is 4.63. The summed E-state index contributed by atoms with van der Waals surface area (Å²) in [6, 6.07) is 0. The Morgan fingerprint density at radius 2 is 1.69 bits per heavy atom. The second kappa shape index (κ2) is 5.21. The molecule has 0 amide bonds.